The van der Waals surface area contributed by atoms with Gasteiger partial charge in [-0.1, -0.05) is 37.6 Å². The van der Waals surface area contributed by atoms with E-state index in [2.05, 4.69) is 9.97 Å². The van der Waals surface area contributed by atoms with Crippen LogP contribution in [-0.4, -0.2) is 15.9 Å². The van der Waals surface area contributed by atoms with E-state index in [4.69, 9.17) is 11.6 Å². The van der Waals surface area contributed by atoms with Crippen LogP contribution in [0.25, 0.3) is 11.3 Å². The van der Waals surface area contributed by atoms with Crippen LogP contribution in [0.5, 0.6) is 0 Å². The van der Waals surface area contributed by atoms with E-state index < -0.39 is 29.5 Å². The largest absolute Gasteiger partial charge is 0.435 e. The van der Waals surface area contributed by atoms with Crippen molar-refractivity contribution in [2.24, 2.45) is 5.92 Å². The normalized spacial score (nSPS) is 11.6. The minimum atomic E-state index is -4.85. The van der Waals surface area contributed by atoms with Crippen LogP contribution in [0.15, 0.2) is 54.9 Å². The summed E-state index contributed by atoms with van der Waals surface area (Å²) in [5.41, 5.74) is -1.03. The van der Waals surface area contributed by atoms with Gasteiger partial charge in [0.1, 0.15) is 5.82 Å². The highest BCUT2D eigenvalue weighted by Crippen LogP contribution is 2.38. The summed E-state index contributed by atoms with van der Waals surface area (Å²) in [4.78, 5) is 21.3. The van der Waals surface area contributed by atoms with Crippen molar-refractivity contribution in [3.63, 3.8) is 0 Å². The maximum atomic E-state index is 13.9. The van der Waals surface area contributed by atoms with Gasteiger partial charge in [0.2, 0.25) is 5.91 Å². The maximum Gasteiger partial charge on any atom is 0.435 e. The number of benzene rings is 1. The number of rotatable bonds is 5. The summed E-state index contributed by atoms with van der Waals surface area (Å²) in [6.07, 6.45) is -2.69. The topological polar surface area (TPSA) is 46.1 Å². The summed E-state index contributed by atoms with van der Waals surface area (Å²) < 4.78 is 55.3. The zero-order valence-corrected chi connectivity index (χ0v) is 17.4. The Morgan fingerprint density at radius 1 is 1.10 bits per heavy atom. The van der Waals surface area contributed by atoms with Crippen molar-refractivity contribution in [1.29, 1.82) is 0 Å². The number of carbonyl (C=O) groups excluding carboxylic acids is 1. The summed E-state index contributed by atoms with van der Waals surface area (Å²) in [6.45, 7) is 3.11. The molecule has 2 aromatic heterocycles. The summed E-state index contributed by atoms with van der Waals surface area (Å²) in [6, 6.07) is 9.98. The van der Waals surface area contributed by atoms with E-state index in [1.165, 1.54) is 18.3 Å². The van der Waals surface area contributed by atoms with Crippen LogP contribution in [0.1, 0.15) is 25.1 Å². The molecule has 0 spiro atoms. The second-order valence-electron chi connectivity index (χ2n) is 7.16. The van der Waals surface area contributed by atoms with Crippen LogP contribution in [-0.2, 0) is 17.5 Å². The monoisotopic (exact) mass is 451 g/mol. The Morgan fingerprint density at radius 2 is 1.77 bits per heavy atom. The standard InChI is InChI=1S/C22H18ClF4N3O/c1-13(2)21(31)30(12-14-3-5-16(23)6-4-14)19-8-7-18(29-20(19)22(25,26)27)15-9-17(24)11-28-10-15/h3-11,13H,12H2,1-2H3. The molecule has 2 heterocycles. The molecule has 3 rings (SSSR count). The minimum Gasteiger partial charge on any atom is -0.306 e. The molecule has 0 fully saturated rings. The zero-order chi connectivity index (χ0) is 22.8. The van der Waals surface area contributed by atoms with Crippen LogP contribution < -0.4 is 4.90 Å². The summed E-state index contributed by atoms with van der Waals surface area (Å²) in [7, 11) is 0. The van der Waals surface area contributed by atoms with Crippen LogP contribution >= 0.6 is 11.6 Å². The van der Waals surface area contributed by atoms with Crippen molar-refractivity contribution < 1.29 is 22.4 Å². The molecule has 0 saturated carbocycles. The minimum absolute atomic E-state index is 0.0940. The van der Waals surface area contributed by atoms with Crippen molar-refractivity contribution in [2.75, 3.05) is 4.90 Å². The highest BCUT2D eigenvalue weighted by atomic mass is 35.5. The van der Waals surface area contributed by atoms with Crippen LogP contribution in [0.2, 0.25) is 5.02 Å². The van der Waals surface area contributed by atoms with Crippen LogP contribution in [0.3, 0.4) is 0 Å². The fourth-order valence-electron chi connectivity index (χ4n) is 2.96. The van der Waals surface area contributed by atoms with Gasteiger partial charge >= 0.3 is 6.18 Å². The number of nitrogens with zero attached hydrogens (tertiary/aromatic N) is 3. The highest BCUT2D eigenvalue weighted by molar-refractivity contribution is 6.30. The Bertz CT molecular complexity index is 1080. The average Bonchev–Trinajstić information content (AvgIpc) is 2.72. The summed E-state index contributed by atoms with van der Waals surface area (Å²) >= 11 is 5.88. The van der Waals surface area contributed by atoms with Crippen molar-refractivity contribution in [1.82, 2.24) is 9.97 Å². The lowest BCUT2D eigenvalue weighted by Crippen LogP contribution is -2.35. The summed E-state index contributed by atoms with van der Waals surface area (Å²) in [5, 5.41) is 0.469. The molecular formula is C22H18ClF4N3O. The second-order valence-corrected chi connectivity index (χ2v) is 7.60. The van der Waals surface area contributed by atoms with Gasteiger partial charge in [-0.15, -0.1) is 0 Å². The van der Waals surface area contributed by atoms with Gasteiger partial charge in [-0.3, -0.25) is 9.78 Å². The SMILES string of the molecule is CC(C)C(=O)N(Cc1ccc(Cl)cc1)c1ccc(-c2cncc(F)c2)nc1C(F)(F)F. The number of hydrogen-bond donors (Lipinski definition) is 0. The van der Waals surface area contributed by atoms with E-state index in [9.17, 15) is 22.4 Å². The molecule has 0 saturated heterocycles. The van der Waals surface area contributed by atoms with E-state index in [-0.39, 0.29) is 23.5 Å². The van der Waals surface area contributed by atoms with Crippen molar-refractivity contribution in [2.45, 2.75) is 26.6 Å². The Morgan fingerprint density at radius 3 is 2.35 bits per heavy atom. The number of aromatic nitrogens is 2. The van der Waals surface area contributed by atoms with Crippen molar-refractivity contribution in [3.8, 4) is 11.3 Å². The lowest BCUT2D eigenvalue weighted by molar-refractivity contribution is -0.140. The van der Waals surface area contributed by atoms with Crippen molar-refractivity contribution in [3.05, 3.63) is 77.0 Å². The first-order chi connectivity index (χ1) is 14.6. The number of pyridine rings is 2. The van der Waals surface area contributed by atoms with E-state index in [0.29, 0.717) is 10.6 Å². The molecule has 0 atom stereocenters. The number of anilines is 1. The van der Waals surface area contributed by atoms with Gasteiger partial charge in [0.15, 0.2) is 5.69 Å². The smallest absolute Gasteiger partial charge is 0.306 e. The molecule has 3 aromatic rings. The molecule has 1 amide bonds. The Kier molecular flexibility index (Phi) is 6.59. The molecule has 0 aliphatic carbocycles. The van der Waals surface area contributed by atoms with Gasteiger partial charge in [0.25, 0.3) is 0 Å². The molecular weight excluding hydrogens is 434 g/mol. The van der Waals surface area contributed by atoms with Gasteiger partial charge in [0.05, 0.1) is 24.1 Å². The van der Waals surface area contributed by atoms with Gasteiger partial charge in [-0.25, -0.2) is 9.37 Å². The maximum absolute atomic E-state index is 13.9. The fourth-order valence-corrected chi connectivity index (χ4v) is 3.08. The van der Waals surface area contributed by atoms with Gasteiger partial charge < -0.3 is 4.90 Å². The third-order valence-corrected chi connectivity index (χ3v) is 4.70. The number of amides is 1. The zero-order valence-electron chi connectivity index (χ0n) is 16.6. The van der Waals surface area contributed by atoms with E-state index in [0.717, 1.165) is 17.2 Å². The average molecular weight is 452 g/mol. The molecule has 162 valence electrons. The fraction of sp³-hybridized carbons (Fsp3) is 0.227. The third-order valence-electron chi connectivity index (χ3n) is 4.45. The Hall–Kier alpha value is -3.00. The number of hydrogen-bond acceptors (Lipinski definition) is 3. The van der Waals surface area contributed by atoms with E-state index >= 15 is 0 Å². The Labute approximate surface area is 181 Å². The molecule has 31 heavy (non-hydrogen) atoms. The highest BCUT2D eigenvalue weighted by Gasteiger charge is 2.39. The predicted octanol–water partition coefficient (Wildman–Crippen LogP) is 6.14. The van der Waals surface area contributed by atoms with Gasteiger partial charge in [0, 0.05) is 22.7 Å². The third kappa shape index (κ3) is 5.38. The molecule has 0 aliphatic rings. The van der Waals surface area contributed by atoms with Gasteiger partial charge in [-0.05, 0) is 35.9 Å². The predicted molar refractivity (Wildman–Crippen MR) is 110 cm³/mol. The lowest BCUT2D eigenvalue weighted by Gasteiger charge is -2.27. The van der Waals surface area contributed by atoms with Crippen LogP contribution in [0, 0.1) is 11.7 Å². The van der Waals surface area contributed by atoms with Crippen LogP contribution in [0.4, 0.5) is 23.2 Å². The second kappa shape index (κ2) is 9.01. The molecule has 0 bridgehead atoms. The quantitative estimate of drug-likeness (QED) is 0.437. The number of halogens is 5. The summed E-state index contributed by atoms with van der Waals surface area (Å²) in [5.74, 6) is -1.75. The molecule has 0 N–H and O–H groups in total. The van der Waals surface area contributed by atoms with E-state index in [1.54, 1.807) is 38.1 Å². The first-order valence-electron chi connectivity index (χ1n) is 9.31. The number of alkyl halides is 3. The van der Waals surface area contributed by atoms with Crippen molar-refractivity contribution >= 4 is 23.2 Å². The van der Waals surface area contributed by atoms with Gasteiger partial charge in [-0.2, -0.15) is 13.2 Å². The molecule has 0 unspecified atom stereocenters. The lowest BCUT2D eigenvalue weighted by atomic mass is 10.1. The first kappa shape index (κ1) is 22.7. The molecule has 9 heteroatoms. The molecule has 4 nitrogen and oxygen atoms in total. The molecule has 0 radical (unpaired) electrons. The molecule has 0 aliphatic heterocycles. The Balaban J connectivity index is 2.12. The molecule has 1 aromatic carbocycles. The number of carbonyl (C=O) groups is 1. The first-order valence-corrected chi connectivity index (χ1v) is 9.69. The van der Waals surface area contributed by atoms with E-state index in [1.807, 2.05) is 0 Å².